The highest BCUT2D eigenvalue weighted by Gasteiger charge is 2.50. The maximum atomic E-state index is 13.8. The Morgan fingerprint density at radius 3 is 2.09 bits per heavy atom. The third kappa shape index (κ3) is 7.17. The Kier molecular flexibility index (Phi) is 9.84. The summed E-state index contributed by atoms with van der Waals surface area (Å²) in [6.07, 6.45) is 4.39. The average molecular weight is 643 g/mol. The summed E-state index contributed by atoms with van der Waals surface area (Å²) in [5.74, 6) is 0.275. The first-order valence-electron chi connectivity index (χ1n) is 15.7. The minimum Gasteiger partial charge on any atom is -0.406 e. The van der Waals surface area contributed by atoms with Gasteiger partial charge in [-0.15, -0.1) is 0 Å². The van der Waals surface area contributed by atoms with E-state index in [4.69, 9.17) is 4.43 Å². The van der Waals surface area contributed by atoms with Crippen molar-refractivity contribution in [3.63, 3.8) is 0 Å². The Morgan fingerprint density at radius 2 is 1.53 bits per heavy atom. The van der Waals surface area contributed by atoms with E-state index < -0.39 is 24.4 Å². The van der Waals surface area contributed by atoms with Crippen molar-refractivity contribution in [2.24, 2.45) is 5.92 Å². The van der Waals surface area contributed by atoms with Gasteiger partial charge in [0.25, 0.3) is 8.32 Å². The maximum absolute atomic E-state index is 13.8. The molecule has 0 fully saturated rings. The number of aromatic nitrogens is 1. The Hall–Kier alpha value is -3.50. The number of hydrogen-bond donors (Lipinski definition) is 2. The van der Waals surface area contributed by atoms with E-state index in [0.29, 0.717) is 13.0 Å². The van der Waals surface area contributed by atoms with Crippen molar-refractivity contribution in [3.8, 4) is 0 Å². The molecule has 0 spiro atoms. The molecule has 238 valence electrons. The summed E-state index contributed by atoms with van der Waals surface area (Å²) < 4.78 is 37.7. The van der Waals surface area contributed by atoms with Crippen molar-refractivity contribution in [3.05, 3.63) is 109 Å². The second-order valence-electron chi connectivity index (χ2n) is 13.4. The Labute approximate surface area is 270 Å². The largest absolute Gasteiger partial charge is 0.406 e. The molecule has 3 aromatic carbocycles. The fraction of sp³-hybridized carbons (Fsp3) is 0.361. The number of anilines is 2. The van der Waals surface area contributed by atoms with Crippen LogP contribution in [0.5, 0.6) is 0 Å². The third-order valence-electron chi connectivity index (χ3n) is 8.52. The zero-order valence-corrected chi connectivity index (χ0v) is 29.0. The molecule has 0 saturated heterocycles. The standard InChI is InChI=1S/C36H46N4O3SSi/c1-27(2)23-30(26-43-45(36(4,5)6,32-13-9-7-10-14-32)33-15-11-8-12-16-33)39-44(41,42)31-19-17-29(18-20-31)25-40-28(3)38-34-24-37-22-21-35(34)40/h7-22,24,27-28,30,38-39H,23,25-26H2,1-6H3. The summed E-state index contributed by atoms with van der Waals surface area (Å²) >= 11 is 0. The number of hydrogen-bond acceptors (Lipinski definition) is 6. The van der Waals surface area contributed by atoms with E-state index in [9.17, 15) is 8.42 Å². The lowest BCUT2D eigenvalue weighted by atomic mass is 10.1. The smallest absolute Gasteiger partial charge is 0.261 e. The van der Waals surface area contributed by atoms with E-state index in [2.05, 4.69) is 110 Å². The molecule has 45 heavy (non-hydrogen) atoms. The summed E-state index contributed by atoms with van der Waals surface area (Å²) in [7, 11) is -6.61. The van der Waals surface area contributed by atoms with Crippen LogP contribution in [0.4, 0.5) is 11.4 Å². The number of nitrogens with one attached hydrogen (secondary N) is 2. The van der Waals surface area contributed by atoms with Crippen LogP contribution in [-0.4, -0.2) is 40.5 Å². The van der Waals surface area contributed by atoms with Gasteiger partial charge in [-0.25, -0.2) is 13.1 Å². The summed E-state index contributed by atoms with van der Waals surface area (Å²) in [5.41, 5.74) is 3.12. The lowest BCUT2D eigenvalue weighted by Gasteiger charge is -2.43. The van der Waals surface area contributed by atoms with E-state index in [1.165, 1.54) is 10.4 Å². The summed E-state index contributed by atoms with van der Waals surface area (Å²) in [6, 6.07) is 29.7. The van der Waals surface area contributed by atoms with Gasteiger partial charge in [-0.05, 0) is 58.4 Å². The van der Waals surface area contributed by atoms with Crippen LogP contribution in [0.15, 0.2) is 108 Å². The van der Waals surface area contributed by atoms with Gasteiger partial charge in [0.15, 0.2) is 0 Å². The Balaban J connectivity index is 1.37. The highest BCUT2D eigenvalue weighted by atomic mass is 32.2. The molecule has 4 aromatic rings. The lowest BCUT2D eigenvalue weighted by Crippen LogP contribution is -2.67. The topological polar surface area (TPSA) is 83.6 Å². The predicted octanol–water partition coefficient (Wildman–Crippen LogP) is 6.13. The lowest BCUT2D eigenvalue weighted by molar-refractivity contribution is 0.246. The van der Waals surface area contributed by atoms with Crippen molar-refractivity contribution in [1.82, 2.24) is 9.71 Å². The molecule has 2 heterocycles. The second kappa shape index (κ2) is 13.5. The van der Waals surface area contributed by atoms with Crippen LogP contribution in [0.3, 0.4) is 0 Å². The molecule has 2 N–H and O–H groups in total. The summed E-state index contributed by atoms with van der Waals surface area (Å²) in [4.78, 5) is 6.71. The molecule has 1 aliphatic rings. The quantitative estimate of drug-likeness (QED) is 0.181. The van der Waals surface area contributed by atoms with E-state index in [1.807, 2.05) is 36.5 Å². The average Bonchev–Trinajstić information content (AvgIpc) is 3.32. The molecular formula is C36H46N4O3SSi. The van der Waals surface area contributed by atoms with E-state index in [1.54, 1.807) is 18.3 Å². The molecule has 1 aliphatic heterocycles. The van der Waals surface area contributed by atoms with E-state index in [-0.39, 0.29) is 28.6 Å². The monoisotopic (exact) mass is 642 g/mol. The first-order valence-corrected chi connectivity index (χ1v) is 19.1. The van der Waals surface area contributed by atoms with Crippen molar-refractivity contribution in [2.45, 2.75) is 76.6 Å². The van der Waals surface area contributed by atoms with Gasteiger partial charge in [-0.3, -0.25) is 4.98 Å². The molecule has 0 bridgehead atoms. The Bertz CT molecular complexity index is 1620. The van der Waals surface area contributed by atoms with Crippen LogP contribution >= 0.6 is 0 Å². The molecule has 1 aromatic heterocycles. The Morgan fingerprint density at radius 1 is 0.933 bits per heavy atom. The molecule has 9 heteroatoms. The van der Waals surface area contributed by atoms with Gasteiger partial charge in [0.1, 0.15) is 0 Å². The molecule has 5 rings (SSSR count). The zero-order valence-electron chi connectivity index (χ0n) is 27.2. The summed E-state index contributed by atoms with van der Waals surface area (Å²) in [5, 5.41) is 5.59. The molecule has 0 saturated carbocycles. The SMILES string of the molecule is CC(C)CC(CO[Si](c1ccccc1)(c1ccccc1)C(C)(C)C)NS(=O)(=O)c1ccc(CN2c3ccncc3NC2C)cc1. The number of rotatable bonds is 12. The molecule has 0 radical (unpaired) electrons. The minimum absolute atomic E-state index is 0.113. The zero-order chi connectivity index (χ0) is 32.2. The number of nitrogens with zero attached hydrogens (tertiary/aromatic N) is 2. The minimum atomic E-state index is -3.79. The van der Waals surface area contributed by atoms with Crippen LogP contribution in [0.2, 0.25) is 5.04 Å². The fourth-order valence-electron chi connectivity index (χ4n) is 6.45. The molecule has 7 nitrogen and oxygen atoms in total. The van der Waals surface area contributed by atoms with Gasteiger partial charge in [0, 0.05) is 18.8 Å². The fourth-order valence-corrected chi connectivity index (χ4v) is 12.3. The van der Waals surface area contributed by atoms with Crippen molar-refractivity contribution < 1.29 is 12.8 Å². The van der Waals surface area contributed by atoms with Crippen molar-refractivity contribution in [2.75, 3.05) is 16.8 Å². The number of fused-ring (bicyclic) bond motifs is 1. The normalized spacial score (nSPS) is 16.0. The van der Waals surface area contributed by atoms with Gasteiger partial charge in [0.2, 0.25) is 10.0 Å². The van der Waals surface area contributed by atoms with Gasteiger partial charge in [0.05, 0.1) is 35.2 Å². The second-order valence-corrected chi connectivity index (χ2v) is 19.4. The molecule has 0 aliphatic carbocycles. The van der Waals surface area contributed by atoms with Gasteiger partial charge >= 0.3 is 0 Å². The van der Waals surface area contributed by atoms with Crippen LogP contribution in [0, 0.1) is 5.92 Å². The van der Waals surface area contributed by atoms with Crippen LogP contribution in [-0.2, 0) is 21.0 Å². The van der Waals surface area contributed by atoms with E-state index in [0.717, 1.165) is 16.9 Å². The first-order chi connectivity index (χ1) is 21.4. The van der Waals surface area contributed by atoms with Gasteiger partial charge in [-0.1, -0.05) is 107 Å². The molecular weight excluding hydrogens is 597 g/mol. The van der Waals surface area contributed by atoms with E-state index >= 15 is 0 Å². The number of benzene rings is 3. The number of pyridine rings is 1. The summed E-state index contributed by atoms with van der Waals surface area (Å²) in [6.45, 7) is 14.0. The first kappa shape index (κ1) is 32.9. The third-order valence-corrected chi connectivity index (χ3v) is 15.1. The van der Waals surface area contributed by atoms with Crippen molar-refractivity contribution in [1.29, 1.82) is 0 Å². The van der Waals surface area contributed by atoms with Crippen LogP contribution in [0.25, 0.3) is 0 Å². The molecule has 0 amide bonds. The molecule has 2 unspecified atom stereocenters. The number of sulfonamides is 1. The van der Waals surface area contributed by atoms with Gasteiger partial charge in [-0.2, -0.15) is 0 Å². The van der Waals surface area contributed by atoms with Crippen molar-refractivity contribution >= 4 is 40.1 Å². The molecule has 2 atom stereocenters. The van der Waals surface area contributed by atoms with Crippen LogP contribution < -0.4 is 25.3 Å². The van der Waals surface area contributed by atoms with Crippen LogP contribution in [0.1, 0.15) is 53.5 Å². The predicted molar refractivity (Wildman–Crippen MR) is 187 cm³/mol. The highest BCUT2D eigenvalue weighted by Crippen LogP contribution is 2.37. The maximum Gasteiger partial charge on any atom is 0.261 e. The highest BCUT2D eigenvalue weighted by molar-refractivity contribution is 7.89. The van der Waals surface area contributed by atoms with Gasteiger partial charge < -0.3 is 14.6 Å².